The average molecular weight is 397 g/mol. The molecule has 3 rings (SSSR count). The predicted octanol–water partition coefficient (Wildman–Crippen LogP) is 3.74. The van der Waals surface area contributed by atoms with Crippen LogP contribution in [0.1, 0.15) is 44.9 Å². The Morgan fingerprint density at radius 1 is 1.28 bits per heavy atom. The third-order valence-electron chi connectivity index (χ3n) is 5.77. The minimum Gasteiger partial charge on any atom is -0.356 e. The van der Waals surface area contributed by atoms with Gasteiger partial charge in [-0.1, -0.05) is 36.8 Å². The molecular formula is C23H36N6. The van der Waals surface area contributed by atoms with Crippen molar-refractivity contribution >= 4 is 5.96 Å². The lowest BCUT2D eigenvalue weighted by Crippen LogP contribution is -2.40. The number of imidazole rings is 1. The van der Waals surface area contributed by atoms with Crippen LogP contribution in [-0.2, 0) is 6.54 Å². The van der Waals surface area contributed by atoms with E-state index in [0.717, 1.165) is 42.0 Å². The summed E-state index contributed by atoms with van der Waals surface area (Å²) in [5.41, 5.74) is 2.20. The van der Waals surface area contributed by atoms with E-state index in [9.17, 15) is 0 Å². The molecule has 0 spiro atoms. The van der Waals surface area contributed by atoms with Crippen LogP contribution in [-0.4, -0.2) is 65.5 Å². The number of benzene rings is 1. The van der Waals surface area contributed by atoms with Crippen LogP contribution < -0.4 is 5.32 Å². The normalized spacial score (nSPS) is 18.0. The molecule has 0 saturated carbocycles. The number of likely N-dealkylation sites (tertiary alicyclic amines) is 1. The fourth-order valence-electron chi connectivity index (χ4n) is 4.02. The third kappa shape index (κ3) is 6.32. The molecule has 0 bridgehead atoms. The van der Waals surface area contributed by atoms with Gasteiger partial charge in [0, 0.05) is 26.7 Å². The number of nitrogens with one attached hydrogen (secondary N) is 2. The average Bonchev–Trinajstić information content (AvgIpc) is 3.21. The van der Waals surface area contributed by atoms with E-state index in [2.05, 4.69) is 56.2 Å². The lowest BCUT2D eigenvalue weighted by atomic mass is 10.0. The lowest BCUT2D eigenvalue weighted by molar-refractivity contribution is 0.158. The van der Waals surface area contributed by atoms with Crippen LogP contribution in [0.5, 0.6) is 0 Å². The SMILES string of the molecule is CN=C(NCCCCN1CCCCC1C)N(C)Cc1ncc(-c2ccccc2)[nH]1. The molecule has 0 aliphatic carbocycles. The molecule has 0 radical (unpaired) electrons. The molecule has 1 aliphatic heterocycles. The van der Waals surface area contributed by atoms with E-state index in [0.29, 0.717) is 6.54 Å². The van der Waals surface area contributed by atoms with E-state index >= 15 is 0 Å². The van der Waals surface area contributed by atoms with Crippen LogP contribution in [0.25, 0.3) is 11.3 Å². The Kier molecular flexibility index (Phi) is 8.11. The van der Waals surface area contributed by atoms with Gasteiger partial charge >= 0.3 is 0 Å². The Balaban J connectivity index is 1.40. The molecule has 2 aromatic rings. The predicted molar refractivity (Wildman–Crippen MR) is 121 cm³/mol. The maximum Gasteiger partial charge on any atom is 0.193 e. The molecule has 1 aromatic heterocycles. The number of unbranched alkanes of at least 4 members (excludes halogenated alkanes) is 1. The number of aromatic amines is 1. The standard InChI is InChI=1S/C23H36N6/c1-19-11-7-9-15-29(19)16-10-8-14-25-23(24-2)28(3)18-22-26-17-21(27-22)20-12-5-4-6-13-20/h4-6,12-13,17,19H,7-11,14-16,18H2,1-3H3,(H,24,25)(H,26,27). The quantitative estimate of drug-likeness (QED) is 0.405. The van der Waals surface area contributed by atoms with Crippen LogP contribution in [0.4, 0.5) is 0 Å². The van der Waals surface area contributed by atoms with Gasteiger partial charge in [0.25, 0.3) is 0 Å². The molecule has 0 amide bonds. The lowest BCUT2D eigenvalue weighted by Gasteiger charge is -2.33. The molecule has 29 heavy (non-hydrogen) atoms. The number of aliphatic imine (C=N–C) groups is 1. The van der Waals surface area contributed by atoms with Crippen molar-refractivity contribution in [1.82, 2.24) is 25.1 Å². The summed E-state index contributed by atoms with van der Waals surface area (Å²) >= 11 is 0. The summed E-state index contributed by atoms with van der Waals surface area (Å²) in [7, 11) is 3.89. The highest BCUT2D eigenvalue weighted by Crippen LogP contribution is 2.17. The van der Waals surface area contributed by atoms with E-state index in [-0.39, 0.29) is 0 Å². The van der Waals surface area contributed by atoms with Crippen LogP contribution in [0.2, 0.25) is 0 Å². The van der Waals surface area contributed by atoms with Crippen LogP contribution in [0, 0.1) is 0 Å². The molecule has 1 aromatic carbocycles. The van der Waals surface area contributed by atoms with Gasteiger partial charge in [-0.2, -0.15) is 0 Å². The fourth-order valence-corrected chi connectivity index (χ4v) is 4.02. The number of hydrogen-bond donors (Lipinski definition) is 2. The second-order valence-electron chi connectivity index (χ2n) is 8.03. The topological polar surface area (TPSA) is 59.6 Å². The molecule has 1 unspecified atom stereocenters. The van der Waals surface area contributed by atoms with E-state index < -0.39 is 0 Å². The van der Waals surface area contributed by atoms with Crippen LogP contribution in [0.3, 0.4) is 0 Å². The van der Waals surface area contributed by atoms with Gasteiger partial charge in [-0.3, -0.25) is 4.99 Å². The molecule has 6 heteroatoms. The van der Waals surface area contributed by atoms with E-state index in [1.807, 2.05) is 31.4 Å². The van der Waals surface area contributed by atoms with Gasteiger partial charge in [-0.25, -0.2) is 4.98 Å². The number of hydrogen-bond acceptors (Lipinski definition) is 3. The zero-order chi connectivity index (χ0) is 20.5. The molecule has 1 fully saturated rings. The van der Waals surface area contributed by atoms with Gasteiger partial charge in [0.2, 0.25) is 0 Å². The van der Waals surface area contributed by atoms with Crippen molar-refractivity contribution in [3.63, 3.8) is 0 Å². The first-order chi connectivity index (χ1) is 14.2. The molecular weight excluding hydrogens is 360 g/mol. The molecule has 1 atom stereocenters. The Morgan fingerprint density at radius 3 is 2.86 bits per heavy atom. The monoisotopic (exact) mass is 396 g/mol. The fraction of sp³-hybridized carbons (Fsp3) is 0.565. The molecule has 2 N–H and O–H groups in total. The van der Waals surface area contributed by atoms with Crippen molar-refractivity contribution in [1.29, 1.82) is 0 Å². The summed E-state index contributed by atoms with van der Waals surface area (Å²) in [4.78, 5) is 17.1. The van der Waals surface area contributed by atoms with Gasteiger partial charge in [-0.05, 0) is 51.3 Å². The molecule has 1 saturated heterocycles. The number of nitrogens with zero attached hydrogens (tertiary/aromatic N) is 4. The minimum atomic E-state index is 0.692. The zero-order valence-electron chi connectivity index (χ0n) is 18.2. The Hall–Kier alpha value is -2.34. The second kappa shape index (κ2) is 11.0. The summed E-state index contributed by atoms with van der Waals surface area (Å²) in [5.74, 6) is 1.85. The summed E-state index contributed by atoms with van der Waals surface area (Å²) in [6.07, 6.45) is 8.40. The number of piperidine rings is 1. The third-order valence-corrected chi connectivity index (χ3v) is 5.77. The highest BCUT2D eigenvalue weighted by Gasteiger charge is 2.17. The maximum absolute atomic E-state index is 4.53. The van der Waals surface area contributed by atoms with Gasteiger partial charge in [0.1, 0.15) is 5.82 Å². The minimum absolute atomic E-state index is 0.692. The summed E-state index contributed by atoms with van der Waals surface area (Å²) in [6.45, 7) is 6.50. The van der Waals surface area contributed by atoms with E-state index in [1.54, 1.807) is 0 Å². The van der Waals surface area contributed by atoms with E-state index in [1.165, 1.54) is 38.8 Å². The van der Waals surface area contributed by atoms with Crippen molar-refractivity contribution in [2.45, 2.75) is 51.6 Å². The Labute approximate surface area is 175 Å². The number of H-pyrrole nitrogens is 1. The summed E-state index contributed by atoms with van der Waals surface area (Å²) < 4.78 is 0. The summed E-state index contributed by atoms with van der Waals surface area (Å²) in [5, 5.41) is 3.49. The van der Waals surface area contributed by atoms with Crippen molar-refractivity contribution < 1.29 is 0 Å². The van der Waals surface area contributed by atoms with Crippen molar-refractivity contribution in [3.8, 4) is 11.3 Å². The molecule has 2 heterocycles. The van der Waals surface area contributed by atoms with Gasteiger partial charge < -0.3 is 20.1 Å². The molecule has 6 nitrogen and oxygen atoms in total. The Bertz CT molecular complexity index is 754. The van der Waals surface area contributed by atoms with Crippen LogP contribution in [0.15, 0.2) is 41.5 Å². The second-order valence-corrected chi connectivity index (χ2v) is 8.03. The first kappa shape index (κ1) is 21.4. The van der Waals surface area contributed by atoms with Crippen molar-refractivity contribution in [2.75, 3.05) is 33.7 Å². The van der Waals surface area contributed by atoms with Gasteiger partial charge in [0.15, 0.2) is 5.96 Å². The van der Waals surface area contributed by atoms with Crippen molar-refractivity contribution in [2.24, 2.45) is 4.99 Å². The number of aromatic nitrogens is 2. The highest BCUT2D eigenvalue weighted by atomic mass is 15.3. The largest absolute Gasteiger partial charge is 0.356 e. The summed E-state index contributed by atoms with van der Waals surface area (Å²) in [6, 6.07) is 11.0. The molecule has 158 valence electrons. The Morgan fingerprint density at radius 2 is 2.10 bits per heavy atom. The first-order valence-electron chi connectivity index (χ1n) is 10.9. The van der Waals surface area contributed by atoms with Gasteiger partial charge in [-0.15, -0.1) is 0 Å². The zero-order valence-corrected chi connectivity index (χ0v) is 18.2. The maximum atomic E-state index is 4.53. The number of guanidine groups is 1. The molecule has 1 aliphatic rings. The van der Waals surface area contributed by atoms with Gasteiger partial charge in [0.05, 0.1) is 18.4 Å². The first-order valence-corrected chi connectivity index (χ1v) is 10.9. The number of rotatable bonds is 8. The van der Waals surface area contributed by atoms with Crippen LogP contribution >= 0.6 is 0 Å². The van der Waals surface area contributed by atoms with Crippen molar-refractivity contribution in [3.05, 3.63) is 42.4 Å². The smallest absolute Gasteiger partial charge is 0.193 e. The van der Waals surface area contributed by atoms with E-state index in [4.69, 9.17) is 0 Å². The highest BCUT2D eigenvalue weighted by molar-refractivity contribution is 5.79.